The largest absolute Gasteiger partial charge is 0.493 e. The number of aryl methyl sites for hydroxylation is 2. The van der Waals surface area contributed by atoms with Crippen LogP contribution in [0.5, 0.6) is 17.2 Å². The van der Waals surface area contributed by atoms with E-state index in [-0.39, 0.29) is 17.5 Å². The molecule has 0 bridgehead atoms. The van der Waals surface area contributed by atoms with E-state index in [1.165, 1.54) is 26.2 Å². The van der Waals surface area contributed by atoms with Crippen LogP contribution in [-0.4, -0.2) is 44.6 Å². The molecule has 1 N–H and O–H groups in total. The molecule has 0 unspecified atom stereocenters. The standard InChI is InChI=1S/C25H30N2O5/c1-7-8-11-27-24(28)21(17-10-9-15(2)16(3)12-17)22(25(27)29)26-18-13-19(30-4)23(32-6)20(14-18)31-5/h9-10,12-14,26H,7-8,11H2,1-6H3. The Hall–Kier alpha value is -3.48. The van der Waals surface area contributed by atoms with Crippen molar-refractivity contribution in [2.24, 2.45) is 0 Å². The van der Waals surface area contributed by atoms with Gasteiger partial charge in [-0.1, -0.05) is 31.5 Å². The number of unbranched alkanes of at least 4 members (excludes halogenated alkanes) is 1. The van der Waals surface area contributed by atoms with E-state index < -0.39 is 0 Å². The summed E-state index contributed by atoms with van der Waals surface area (Å²) >= 11 is 0. The lowest BCUT2D eigenvalue weighted by Crippen LogP contribution is -2.33. The van der Waals surface area contributed by atoms with Gasteiger partial charge in [-0.2, -0.15) is 0 Å². The molecule has 170 valence electrons. The minimum absolute atomic E-state index is 0.239. The number of amides is 2. The normalized spacial score (nSPS) is 13.6. The van der Waals surface area contributed by atoms with Crippen molar-refractivity contribution < 1.29 is 23.8 Å². The first-order chi connectivity index (χ1) is 15.4. The summed E-state index contributed by atoms with van der Waals surface area (Å²) in [5.41, 5.74) is 4.03. The van der Waals surface area contributed by atoms with Crippen molar-refractivity contribution in [2.45, 2.75) is 33.6 Å². The molecule has 0 saturated carbocycles. The number of ether oxygens (including phenoxy) is 3. The van der Waals surface area contributed by atoms with Gasteiger partial charge in [0.05, 0.1) is 26.9 Å². The Balaban J connectivity index is 2.12. The maximum Gasteiger partial charge on any atom is 0.278 e. The summed E-state index contributed by atoms with van der Waals surface area (Å²) in [5, 5.41) is 3.16. The van der Waals surface area contributed by atoms with Gasteiger partial charge in [-0.15, -0.1) is 0 Å². The molecular weight excluding hydrogens is 408 g/mol. The van der Waals surface area contributed by atoms with Crippen LogP contribution in [-0.2, 0) is 9.59 Å². The minimum atomic E-state index is -0.342. The molecule has 1 heterocycles. The number of anilines is 1. The quantitative estimate of drug-likeness (QED) is 0.588. The van der Waals surface area contributed by atoms with Crippen LogP contribution in [0.4, 0.5) is 5.69 Å². The van der Waals surface area contributed by atoms with Crippen LogP contribution < -0.4 is 19.5 Å². The molecule has 1 aliphatic rings. The number of hydrogen-bond acceptors (Lipinski definition) is 6. The third kappa shape index (κ3) is 4.28. The lowest BCUT2D eigenvalue weighted by molar-refractivity contribution is -0.136. The predicted octanol–water partition coefficient (Wildman–Crippen LogP) is 4.32. The second-order valence-electron chi connectivity index (χ2n) is 7.70. The van der Waals surface area contributed by atoms with E-state index in [1.807, 2.05) is 39.0 Å². The van der Waals surface area contributed by atoms with Crippen molar-refractivity contribution in [3.63, 3.8) is 0 Å². The number of carbonyl (C=O) groups is 2. The van der Waals surface area contributed by atoms with Crippen molar-refractivity contribution in [1.29, 1.82) is 0 Å². The third-order valence-electron chi connectivity index (χ3n) is 5.63. The van der Waals surface area contributed by atoms with Gasteiger partial charge in [-0.25, -0.2) is 0 Å². The molecular formula is C25H30N2O5. The number of hydrogen-bond donors (Lipinski definition) is 1. The maximum absolute atomic E-state index is 13.3. The minimum Gasteiger partial charge on any atom is -0.493 e. The molecule has 0 aromatic heterocycles. The summed E-state index contributed by atoms with van der Waals surface area (Å²) in [4.78, 5) is 27.9. The zero-order chi connectivity index (χ0) is 23.4. The van der Waals surface area contributed by atoms with Gasteiger partial charge in [0.1, 0.15) is 5.70 Å². The van der Waals surface area contributed by atoms with Gasteiger partial charge in [0.2, 0.25) is 5.75 Å². The highest BCUT2D eigenvalue weighted by Crippen LogP contribution is 2.41. The molecule has 7 heteroatoms. The average molecular weight is 439 g/mol. The summed E-state index contributed by atoms with van der Waals surface area (Å²) < 4.78 is 16.2. The van der Waals surface area contributed by atoms with E-state index in [2.05, 4.69) is 5.32 Å². The van der Waals surface area contributed by atoms with Crippen molar-refractivity contribution in [2.75, 3.05) is 33.2 Å². The van der Waals surface area contributed by atoms with Crippen LogP contribution in [0.3, 0.4) is 0 Å². The molecule has 0 saturated heterocycles. The molecule has 0 spiro atoms. The van der Waals surface area contributed by atoms with E-state index in [4.69, 9.17) is 14.2 Å². The van der Waals surface area contributed by atoms with E-state index >= 15 is 0 Å². The fourth-order valence-electron chi connectivity index (χ4n) is 3.67. The number of nitrogens with one attached hydrogen (secondary N) is 1. The Morgan fingerprint density at radius 1 is 0.875 bits per heavy atom. The number of methoxy groups -OCH3 is 3. The second-order valence-corrected chi connectivity index (χ2v) is 7.70. The summed E-state index contributed by atoms with van der Waals surface area (Å²) in [6.07, 6.45) is 1.63. The molecule has 3 rings (SSSR count). The van der Waals surface area contributed by atoms with Crippen LogP contribution in [0.1, 0.15) is 36.5 Å². The SMILES string of the molecule is CCCCN1C(=O)C(Nc2cc(OC)c(OC)c(OC)c2)=C(c2ccc(C)c(C)c2)C1=O. The topological polar surface area (TPSA) is 77.1 Å². The summed E-state index contributed by atoms with van der Waals surface area (Å²) in [6, 6.07) is 9.19. The molecule has 1 aliphatic heterocycles. The highest BCUT2D eigenvalue weighted by atomic mass is 16.5. The molecule has 0 radical (unpaired) electrons. The zero-order valence-electron chi connectivity index (χ0n) is 19.5. The fourth-order valence-corrected chi connectivity index (χ4v) is 3.67. The van der Waals surface area contributed by atoms with Gasteiger partial charge in [0, 0.05) is 24.4 Å². The lowest BCUT2D eigenvalue weighted by atomic mass is 9.99. The summed E-state index contributed by atoms with van der Waals surface area (Å²) in [6.45, 7) is 6.40. The van der Waals surface area contributed by atoms with E-state index in [9.17, 15) is 9.59 Å². The Bertz CT molecular complexity index is 1050. The van der Waals surface area contributed by atoms with Gasteiger partial charge < -0.3 is 19.5 Å². The monoisotopic (exact) mass is 438 g/mol. The number of benzene rings is 2. The Kier molecular flexibility index (Phi) is 7.08. The van der Waals surface area contributed by atoms with Crippen LogP contribution >= 0.6 is 0 Å². The first-order valence-corrected chi connectivity index (χ1v) is 10.6. The molecule has 0 aliphatic carbocycles. The molecule has 2 aromatic rings. The maximum atomic E-state index is 13.3. The third-order valence-corrected chi connectivity index (χ3v) is 5.63. The Labute approximate surface area is 189 Å². The second kappa shape index (κ2) is 9.77. The molecule has 32 heavy (non-hydrogen) atoms. The molecule has 2 aromatic carbocycles. The van der Waals surface area contributed by atoms with Crippen molar-refractivity contribution in [3.05, 3.63) is 52.7 Å². The van der Waals surface area contributed by atoms with Crippen LogP contribution in [0.15, 0.2) is 36.0 Å². The first kappa shape index (κ1) is 23.2. The van der Waals surface area contributed by atoms with E-state index in [0.717, 1.165) is 24.0 Å². The zero-order valence-corrected chi connectivity index (χ0v) is 19.5. The smallest absolute Gasteiger partial charge is 0.278 e. The van der Waals surface area contributed by atoms with Gasteiger partial charge >= 0.3 is 0 Å². The lowest BCUT2D eigenvalue weighted by Gasteiger charge is -2.16. The van der Waals surface area contributed by atoms with Crippen LogP contribution in [0.2, 0.25) is 0 Å². The van der Waals surface area contributed by atoms with Crippen molar-refractivity contribution in [1.82, 2.24) is 4.90 Å². The van der Waals surface area contributed by atoms with Crippen molar-refractivity contribution >= 4 is 23.1 Å². The number of imide groups is 1. The Morgan fingerprint density at radius 2 is 1.53 bits per heavy atom. The van der Waals surface area contributed by atoms with Crippen LogP contribution in [0, 0.1) is 13.8 Å². The summed E-state index contributed by atoms with van der Waals surface area (Å²) in [5.74, 6) is 0.707. The number of nitrogens with zero attached hydrogens (tertiary/aromatic N) is 1. The van der Waals surface area contributed by atoms with Gasteiger partial charge in [0.15, 0.2) is 11.5 Å². The van der Waals surface area contributed by atoms with E-state index in [0.29, 0.717) is 40.6 Å². The Morgan fingerprint density at radius 3 is 2.06 bits per heavy atom. The van der Waals surface area contributed by atoms with Gasteiger partial charge in [0.25, 0.3) is 11.8 Å². The average Bonchev–Trinajstić information content (AvgIpc) is 3.02. The first-order valence-electron chi connectivity index (χ1n) is 10.6. The highest BCUT2D eigenvalue weighted by molar-refractivity contribution is 6.36. The van der Waals surface area contributed by atoms with Crippen molar-refractivity contribution in [3.8, 4) is 17.2 Å². The molecule has 0 fully saturated rings. The number of carbonyl (C=O) groups excluding carboxylic acids is 2. The fraction of sp³-hybridized carbons (Fsp3) is 0.360. The molecule has 0 atom stereocenters. The number of rotatable bonds is 9. The van der Waals surface area contributed by atoms with Crippen LogP contribution in [0.25, 0.3) is 5.57 Å². The van der Waals surface area contributed by atoms with Gasteiger partial charge in [-0.05, 0) is 37.0 Å². The summed E-state index contributed by atoms with van der Waals surface area (Å²) in [7, 11) is 4.58. The molecule has 2 amide bonds. The highest BCUT2D eigenvalue weighted by Gasteiger charge is 2.39. The van der Waals surface area contributed by atoms with E-state index in [1.54, 1.807) is 12.1 Å². The van der Waals surface area contributed by atoms with Gasteiger partial charge in [-0.3, -0.25) is 14.5 Å². The molecule has 7 nitrogen and oxygen atoms in total. The predicted molar refractivity (Wildman–Crippen MR) is 124 cm³/mol.